The standard InChI is InChI=1S/C13H18ClNO2/c1-13(2,3)17-9-12(16)15-8-10-5-4-6-11(14)7-10/h4-7H,8-9H2,1-3H3,(H,15,16). The van der Waals surface area contributed by atoms with Crippen molar-refractivity contribution < 1.29 is 9.53 Å². The maximum absolute atomic E-state index is 11.5. The molecule has 1 N–H and O–H groups in total. The molecule has 1 aromatic carbocycles. The van der Waals surface area contributed by atoms with Crippen LogP contribution in [0.4, 0.5) is 0 Å². The molecule has 1 aromatic rings. The molecule has 0 radical (unpaired) electrons. The Morgan fingerprint density at radius 3 is 2.71 bits per heavy atom. The number of carbonyl (C=O) groups is 1. The highest BCUT2D eigenvalue weighted by Gasteiger charge is 2.12. The van der Waals surface area contributed by atoms with Crippen molar-refractivity contribution in [2.75, 3.05) is 6.61 Å². The molecule has 0 saturated carbocycles. The molecule has 0 spiro atoms. The van der Waals surface area contributed by atoms with Gasteiger partial charge in [-0.15, -0.1) is 0 Å². The topological polar surface area (TPSA) is 38.3 Å². The molecule has 1 rings (SSSR count). The van der Waals surface area contributed by atoms with Crippen LogP contribution in [-0.2, 0) is 16.1 Å². The van der Waals surface area contributed by atoms with E-state index in [-0.39, 0.29) is 18.1 Å². The fourth-order valence-corrected chi connectivity index (χ4v) is 1.39. The highest BCUT2D eigenvalue weighted by Crippen LogP contribution is 2.10. The third kappa shape index (κ3) is 6.29. The van der Waals surface area contributed by atoms with Gasteiger partial charge < -0.3 is 10.1 Å². The monoisotopic (exact) mass is 255 g/mol. The zero-order valence-corrected chi connectivity index (χ0v) is 11.2. The lowest BCUT2D eigenvalue weighted by Gasteiger charge is -2.18. The van der Waals surface area contributed by atoms with Gasteiger partial charge in [0.1, 0.15) is 6.61 Å². The first kappa shape index (κ1) is 14.0. The van der Waals surface area contributed by atoms with E-state index in [1.54, 1.807) is 6.07 Å². The third-order valence-corrected chi connectivity index (χ3v) is 2.25. The zero-order chi connectivity index (χ0) is 12.9. The largest absolute Gasteiger partial charge is 0.366 e. The van der Waals surface area contributed by atoms with Crippen LogP contribution < -0.4 is 5.32 Å². The van der Waals surface area contributed by atoms with Gasteiger partial charge in [-0.25, -0.2) is 0 Å². The minimum absolute atomic E-state index is 0.0735. The molecular formula is C13H18ClNO2. The van der Waals surface area contributed by atoms with Gasteiger partial charge in [0.25, 0.3) is 0 Å². The Morgan fingerprint density at radius 2 is 2.12 bits per heavy atom. The maximum Gasteiger partial charge on any atom is 0.246 e. The summed E-state index contributed by atoms with van der Waals surface area (Å²) in [6.07, 6.45) is 0. The van der Waals surface area contributed by atoms with Crippen LogP contribution in [0.5, 0.6) is 0 Å². The minimum atomic E-state index is -0.298. The summed E-state index contributed by atoms with van der Waals surface area (Å²) in [6.45, 7) is 6.28. The number of benzene rings is 1. The van der Waals surface area contributed by atoms with Crippen LogP contribution in [0.25, 0.3) is 0 Å². The first-order chi connectivity index (χ1) is 7.87. The zero-order valence-electron chi connectivity index (χ0n) is 10.4. The van der Waals surface area contributed by atoms with E-state index in [9.17, 15) is 4.79 Å². The van der Waals surface area contributed by atoms with Gasteiger partial charge in [-0.05, 0) is 38.5 Å². The number of carbonyl (C=O) groups excluding carboxylic acids is 1. The Bertz CT molecular complexity index is 385. The van der Waals surface area contributed by atoms with Gasteiger partial charge in [0.15, 0.2) is 0 Å². The maximum atomic E-state index is 11.5. The molecule has 0 aromatic heterocycles. The van der Waals surface area contributed by atoms with Crippen LogP contribution >= 0.6 is 11.6 Å². The Labute approximate surface area is 107 Å². The van der Waals surface area contributed by atoms with Crippen molar-refractivity contribution in [3.8, 4) is 0 Å². The summed E-state index contributed by atoms with van der Waals surface area (Å²) in [6, 6.07) is 7.40. The van der Waals surface area contributed by atoms with E-state index in [1.807, 2.05) is 39.0 Å². The normalized spacial score (nSPS) is 11.3. The molecular weight excluding hydrogens is 238 g/mol. The number of ether oxygens (including phenoxy) is 1. The Balaban J connectivity index is 2.33. The van der Waals surface area contributed by atoms with Crippen LogP contribution in [-0.4, -0.2) is 18.1 Å². The van der Waals surface area contributed by atoms with E-state index < -0.39 is 0 Å². The van der Waals surface area contributed by atoms with E-state index >= 15 is 0 Å². The molecule has 1 amide bonds. The predicted molar refractivity (Wildman–Crippen MR) is 69.0 cm³/mol. The SMILES string of the molecule is CC(C)(C)OCC(=O)NCc1cccc(Cl)c1. The van der Waals surface area contributed by atoms with Crippen LogP contribution in [0.1, 0.15) is 26.3 Å². The summed E-state index contributed by atoms with van der Waals surface area (Å²) >= 11 is 5.84. The van der Waals surface area contributed by atoms with E-state index in [0.29, 0.717) is 11.6 Å². The second kappa shape index (κ2) is 6.03. The second-order valence-electron chi connectivity index (χ2n) is 4.81. The number of rotatable bonds is 4. The molecule has 17 heavy (non-hydrogen) atoms. The highest BCUT2D eigenvalue weighted by molar-refractivity contribution is 6.30. The summed E-state index contributed by atoms with van der Waals surface area (Å²) in [7, 11) is 0. The molecule has 0 unspecified atom stereocenters. The quantitative estimate of drug-likeness (QED) is 0.899. The van der Waals surface area contributed by atoms with E-state index in [0.717, 1.165) is 5.56 Å². The molecule has 0 fully saturated rings. The molecule has 4 heteroatoms. The smallest absolute Gasteiger partial charge is 0.246 e. The molecule has 0 bridgehead atoms. The van der Waals surface area contributed by atoms with Gasteiger partial charge >= 0.3 is 0 Å². The van der Waals surface area contributed by atoms with Crippen molar-refractivity contribution in [1.29, 1.82) is 0 Å². The molecule has 3 nitrogen and oxygen atoms in total. The average molecular weight is 256 g/mol. The highest BCUT2D eigenvalue weighted by atomic mass is 35.5. The van der Waals surface area contributed by atoms with Crippen molar-refractivity contribution in [2.45, 2.75) is 32.9 Å². The van der Waals surface area contributed by atoms with Gasteiger partial charge in [0.05, 0.1) is 5.60 Å². The Hall–Kier alpha value is -1.06. The fraction of sp³-hybridized carbons (Fsp3) is 0.462. The van der Waals surface area contributed by atoms with Gasteiger partial charge in [-0.2, -0.15) is 0 Å². The second-order valence-corrected chi connectivity index (χ2v) is 5.24. The number of halogens is 1. The van der Waals surface area contributed by atoms with E-state index in [1.165, 1.54) is 0 Å². The third-order valence-electron chi connectivity index (χ3n) is 2.01. The van der Waals surface area contributed by atoms with Crippen molar-refractivity contribution in [3.63, 3.8) is 0 Å². The Kier molecular flexibility index (Phi) is 4.97. The van der Waals surface area contributed by atoms with Crippen LogP contribution in [0.15, 0.2) is 24.3 Å². The summed E-state index contributed by atoms with van der Waals surface area (Å²) in [5.41, 5.74) is 0.675. The van der Waals surface area contributed by atoms with Gasteiger partial charge in [0.2, 0.25) is 5.91 Å². The minimum Gasteiger partial charge on any atom is -0.366 e. The first-order valence-corrected chi connectivity index (χ1v) is 5.90. The number of hydrogen-bond acceptors (Lipinski definition) is 2. The van der Waals surface area contributed by atoms with Crippen LogP contribution in [0.2, 0.25) is 5.02 Å². The van der Waals surface area contributed by atoms with Crippen LogP contribution in [0.3, 0.4) is 0 Å². The summed E-state index contributed by atoms with van der Waals surface area (Å²) in [5.74, 6) is -0.125. The van der Waals surface area contributed by atoms with Crippen molar-refractivity contribution in [1.82, 2.24) is 5.32 Å². The van der Waals surface area contributed by atoms with Crippen molar-refractivity contribution in [3.05, 3.63) is 34.9 Å². The van der Waals surface area contributed by atoms with Crippen LogP contribution in [0, 0.1) is 0 Å². The molecule has 0 aliphatic rings. The molecule has 0 heterocycles. The summed E-state index contributed by atoms with van der Waals surface area (Å²) in [5, 5.41) is 3.45. The summed E-state index contributed by atoms with van der Waals surface area (Å²) < 4.78 is 5.37. The van der Waals surface area contributed by atoms with Gasteiger partial charge in [0, 0.05) is 11.6 Å². The van der Waals surface area contributed by atoms with Gasteiger partial charge in [-0.1, -0.05) is 23.7 Å². The average Bonchev–Trinajstić information content (AvgIpc) is 2.23. The molecule has 0 aliphatic heterocycles. The molecule has 94 valence electrons. The number of hydrogen-bond donors (Lipinski definition) is 1. The lowest BCUT2D eigenvalue weighted by molar-refractivity contribution is -0.130. The Morgan fingerprint density at radius 1 is 1.41 bits per heavy atom. The van der Waals surface area contributed by atoms with Gasteiger partial charge in [-0.3, -0.25) is 4.79 Å². The number of amides is 1. The lowest BCUT2D eigenvalue weighted by Crippen LogP contribution is -2.31. The fourth-order valence-electron chi connectivity index (χ4n) is 1.18. The van der Waals surface area contributed by atoms with Crippen molar-refractivity contribution in [2.24, 2.45) is 0 Å². The van der Waals surface area contributed by atoms with Crippen molar-refractivity contribution >= 4 is 17.5 Å². The molecule has 0 aliphatic carbocycles. The first-order valence-electron chi connectivity index (χ1n) is 5.52. The molecule has 0 saturated heterocycles. The lowest BCUT2D eigenvalue weighted by atomic mass is 10.2. The number of nitrogens with one attached hydrogen (secondary N) is 1. The molecule has 0 atom stereocenters. The van der Waals surface area contributed by atoms with E-state index in [4.69, 9.17) is 16.3 Å². The summed E-state index contributed by atoms with van der Waals surface area (Å²) in [4.78, 5) is 11.5. The predicted octanol–water partition coefficient (Wildman–Crippen LogP) is 2.77. The van der Waals surface area contributed by atoms with E-state index in [2.05, 4.69) is 5.32 Å².